The number of hydrogen-bond acceptors (Lipinski definition) is 2. The number of ketones is 1. The van der Waals surface area contributed by atoms with E-state index in [1.807, 2.05) is 18.2 Å². The largest absolute Gasteiger partial charge is 0.351 e. The summed E-state index contributed by atoms with van der Waals surface area (Å²) in [6.07, 6.45) is 3.16. The van der Waals surface area contributed by atoms with E-state index in [0.717, 1.165) is 17.6 Å². The summed E-state index contributed by atoms with van der Waals surface area (Å²) in [6, 6.07) is 10.2. The van der Waals surface area contributed by atoms with E-state index in [0.29, 0.717) is 11.8 Å². The summed E-state index contributed by atoms with van der Waals surface area (Å²) in [5, 5.41) is 0.706. The van der Waals surface area contributed by atoms with Gasteiger partial charge in [-0.3, -0.25) is 4.79 Å². The average molecular weight is 293 g/mol. The summed E-state index contributed by atoms with van der Waals surface area (Å²) < 4.78 is 6.01. The molecule has 2 heterocycles. The molecule has 0 amide bonds. The molecule has 3 rings (SSSR count). The lowest BCUT2D eigenvalue weighted by Gasteiger charge is -2.33. The second-order valence-electron chi connectivity index (χ2n) is 4.57. The summed E-state index contributed by atoms with van der Waals surface area (Å²) in [7, 11) is 0. The second kappa shape index (κ2) is 4.07. The van der Waals surface area contributed by atoms with Crippen LogP contribution in [0.5, 0.6) is 0 Å². The second-order valence-corrected chi connectivity index (χ2v) is 5.13. The van der Waals surface area contributed by atoms with Gasteiger partial charge in [-0.1, -0.05) is 46.3 Å². The smallest absolute Gasteiger partial charge is 0.166 e. The van der Waals surface area contributed by atoms with Crippen LogP contribution in [-0.4, -0.2) is 17.2 Å². The third-order valence-electron chi connectivity index (χ3n) is 3.54. The zero-order valence-electron chi connectivity index (χ0n) is 9.36. The Balaban J connectivity index is 2.05. The van der Waals surface area contributed by atoms with E-state index >= 15 is 0 Å². The normalized spacial score (nSPS) is 31.5. The van der Waals surface area contributed by atoms with Crippen molar-refractivity contribution in [1.29, 1.82) is 0 Å². The van der Waals surface area contributed by atoms with E-state index in [1.165, 1.54) is 0 Å². The molecule has 0 unspecified atom stereocenters. The quantitative estimate of drug-likeness (QED) is 0.619. The van der Waals surface area contributed by atoms with Gasteiger partial charge >= 0.3 is 0 Å². The van der Waals surface area contributed by atoms with Crippen LogP contribution in [0.2, 0.25) is 0 Å². The number of carbonyl (C=O) groups is 1. The number of hydrogen-bond donors (Lipinski definition) is 0. The molecular weight excluding hydrogens is 280 g/mol. The first kappa shape index (κ1) is 11.2. The Labute approximate surface area is 109 Å². The van der Waals surface area contributed by atoms with E-state index in [1.54, 1.807) is 0 Å². The third kappa shape index (κ3) is 1.69. The predicted molar refractivity (Wildman–Crippen MR) is 69.1 cm³/mol. The molecule has 2 aliphatic heterocycles. The van der Waals surface area contributed by atoms with Gasteiger partial charge < -0.3 is 4.74 Å². The highest BCUT2D eigenvalue weighted by atomic mass is 79.9. The molecule has 2 nitrogen and oxygen atoms in total. The van der Waals surface area contributed by atoms with Crippen LogP contribution in [0, 0.1) is 0 Å². The van der Waals surface area contributed by atoms with Crippen molar-refractivity contribution in [3.63, 3.8) is 0 Å². The maximum absolute atomic E-state index is 11.8. The van der Waals surface area contributed by atoms with Crippen molar-refractivity contribution in [3.05, 3.63) is 47.5 Å². The average Bonchev–Trinajstić information content (AvgIpc) is 2.71. The minimum atomic E-state index is -0.372. The maximum Gasteiger partial charge on any atom is 0.166 e. The van der Waals surface area contributed by atoms with Gasteiger partial charge in [-0.25, -0.2) is 0 Å². The predicted octanol–water partition coefficient (Wildman–Crippen LogP) is 2.96. The summed E-state index contributed by atoms with van der Waals surface area (Å²) in [6.45, 7) is 0. The molecule has 1 aromatic rings. The number of rotatable bonds is 2. The van der Waals surface area contributed by atoms with Crippen LogP contribution in [0.3, 0.4) is 0 Å². The molecule has 0 spiro atoms. The van der Waals surface area contributed by atoms with Crippen molar-refractivity contribution in [2.45, 2.75) is 24.5 Å². The Morgan fingerprint density at radius 3 is 2.82 bits per heavy atom. The van der Waals surface area contributed by atoms with Crippen LogP contribution in [0.25, 0.3) is 0 Å². The number of alkyl halides is 1. The first-order valence-corrected chi connectivity index (χ1v) is 6.91. The van der Waals surface area contributed by atoms with E-state index < -0.39 is 0 Å². The Hall–Kier alpha value is -0.930. The molecule has 0 aromatic heterocycles. The highest BCUT2D eigenvalue weighted by Gasteiger charge is 2.47. The van der Waals surface area contributed by atoms with Crippen LogP contribution < -0.4 is 0 Å². The van der Waals surface area contributed by atoms with Crippen LogP contribution in [0.15, 0.2) is 42.0 Å². The first-order valence-electron chi connectivity index (χ1n) is 5.79. The molecule has 2 bridgehead atoms. The molecular formula is C14H13BrO2. The minimum Gasteiger partial charge on any atom is -0.351 e. The Kier molecular flexibility index (Phi) is 2.68. The van der Waals surface area contributed by atoms with Crippen molar-refractivity contribution < 1.29 is 9.53 Å². The molecule has 0 aliphatic carbocycles. The van der Waals surface area contributed by atoms with Crippen LogP contribution >= 0.6 is 15.9 Å². The number of carbonyl (C=O) groups excluding carboxylic acids is 1. The van der Waals surface area contributed by atoms with E-state index in [4.69, 9.17) is 4.74 Å². The molecule has 2 atom stereocenters. The zero-order valence-corrected chi connectivity index (χ0v) is 10.9. The topological polar surface area (TPSA) is 26.3 Å². The van der Waals surface area contributed by atoms with E-state index in [2.05, 4.69) is 34.1 Å². The Bertz CT molecular complexity index is 480. The van der Waals surface area contributed by atoms with Gasteiger partial charge in [-0.15, -0.1) is 0 Å². The highest BCUT2D eigenvalue weighted by molar-refractivity contribution is 9.09. The first-order chi connectivity index (χ1) is 8.25. The van der Waals surface area contributed by atoms with Crippen LogP contribution in [0.4, 0.5) is 0 Å². The standard InChI is InChI=1S/C14H13BrO2/c15-9-10-8-14(11-4-2-1-3-5-11)7-6-12(16)13(10)17-14/h1-5,8,13H,6-7,9H2/t13-,14-/m1/s1. The number of benzene rings is 1. The van der Waals surface area contributed by atoms with E-state index in [-0.39, 0.29) is 17.5 Å². The van der Waals surface area contributed by atoms with Crippen molar-refractivity contribution in [2.75, 3.05) is 5.33 Å². The number of Topliss-reactive ketones (excluding diaryl/α,β-unsaturated/α-hetero) is 1. The molecule has 0 N–H and O–H groups in total. The summed E-state index contributed by atoms with van der Waals surface area (Å²) in [4.78, 5) is 11.8. The Morgan fingerprint density at radius 1 is 1.35 bits per heavy atom. The molecule has 0 radical (unpaired) electrons. The van der Waals surface area contributed by atoms with Gasteiger partial charge in [0.05, 0.1) is 0 Å². The van der Waals surface area contributed by atoms with Crippen molar-refractivity contribution in [1.82, 2.24) is 0 Å². The van der Waals surface area contributed by atoms with Crippen LogP contribution in [0.1, 0.15) is 18.4 Å². The van der Waals surface area contributed by atoms with Crippen LogP contribution in [-0.2, 0) is 15.1 Å². The van der Waals surface area contributed by atoms with Gasteiger partial charge in [0, 0.05) is 11.8 Å². The number of halogens is 1. The van der Waals surface area contributed by atoms with Gasteiger partial charge in [0.1, 0.15) is 11.7 Å². The fourth-order valence-electron chi connectivity index (χ4n) is 2.66. The molecule has 1 aromatic carbocycles. The minimum absolute atomic E-state index is 0.208. The van der Waals surface area contributed by atoms with Gasteiger partial charge in [0.15, 0.2) is 5.78 Å². The van der Waals surface area contributed by atoms with Crippen molar-refractivity contribution in [2.24, 2.45) is 0 Å². The molecule has 1 fully saturated rings. The van der Waals surface area contributed by atoms with Gasteiger partial charge in [-0.2, -0.15) is 0 Å². The summed E-state index contributed by atoms with van der Waals surface area (Å²) in [5.74, 6) is 0.208. The monoisotopic (exact) mass is 292 g/mol. The van der Waals surface area contributed by atoms with E-state index in [9.17, 15) is 4.79 Å². The molecule has 88 valence electrons. The fourth-order valence-corrected chi connectivity index (χ4v) is 3.12. The molecule has 0 saturated carbocycles. The van der Waals surface area contributed by atoms with Crippen molar-refractivity contribution >= 4 is 21.7 Å². The molecule has 3 heteroatoms. The lowest BCUT2D eigenvalue weighted by atomic mass is 9.88. The van der Waals surface area contributed by atoms with Gasteiger partial charge in [0.25, 0.3) is 0 Å². The van der Waals surface area contributed by atoms with Crippen molar-refractivity contribution in [3.8, 4) is 0 Å². The summed E-state index contributed by atoms with van der Waals surface area (Å²) in [5.41, 5.74) is 1.84. The maximum atomic E-state index is 11.8. The molecule has 2 aliphatic rings. The molecule has 1 saturated heterocycles. The highest BCUT2D eigenvalue weighted by Crippen LogP contribution is 2.45. The zero-order chi connectivity index (χ0) is 11.9. The lowest BCUT2D eigenvalue weighted by molar-refractivity contribution is -0.143. The SMILES string of the molecule is O=C1CC[C@]2(c3ccccc3)C=C(CBr)[C@H]1O2. The Morgan fingerprint density at radius 2 is 2.12 bits per heavy atom. The lowest BCUT2D eigenvalue weighted by Crippen LogP contribution is -2.37. The van der Waals surface area contributed by atoms with Gasteiger partial charge in [0.2, 0.25) is 0 Å². The number of ether oxygens (including phenoxy) is 1. The van der Waals surface area contributed by atoms with Gasteiger partial charge in [-0.05, 0) is 23.6 Å². The third-order valence-corrected chi connectivity index (χ3v) is 4.18. The fraction of sp³-hybridized carbons (Fsp3) is 0.357. The number of fused-ring (bicyclic) bond motifs is 2. The summed E-state index contributed by atoms with van der Waals surface area (Å²) >= 11 is 3.44. The molecule has 17 heavy (non-hydrogen) atoms.